The van der Waals surface area contributed by atoms with Crippen LogP contribution in [0, 0.1) is 5.82 Å². The Balaban J connectivity index is 1.13. The predicted octanol–water partition coefficient (Wildman–Crippen LogP) is 4.64. The summed E-state index contributed by atoms with van der Waals surface area (Å²) in [5.74, 6) is -1.01. The number of nitrogens with one attached hydrogen (secondary N) is 3. The van der Waals surface area contributed by atoms with Crippen molar-refractivity contribution in [2.75, 3.05) is 75.2 Å². The number of anilines is 3. The third kappa shape index (κ3) is 10.6. The topological polar surface area (TPSA) is 180 Å². The van der Waals surface area contributed by atoms with Gasteiger partial charge < -0.3 is 35.3 Å². The Labute approximate surface area is 302 Å². The average Bonchev–Trinajstić information content (AvgIpc) is 3.12. The van der Waals surface area contributed by atoms with E-state index in [9.17, 15) is 18.0 Å². The molecule has 5 rings (SSSR count). The second-order valence-electron chi connectivity index (χ2n) is 11.7. The number of fused-ring (bicyclic) bond motifs is 1. The van der Waals surface area contributed by atoms with Gasteiger partial charge in [-0.3, -0.25) is 14.3 Å². The molecule has 2 heterocycles. The Bertz CT molecular complexity index is 1980. The summed E-state index contributed by atoms with van der Waals surface area (Å²) in [6, 6.07) is 16.8. The molecular formula is C37H42FN5O8S. The maximum Gasteiger partial charge on any atom is 0.261 e. The number of pyridine rings is 1. The molecule has 0 aliphatic carbocycles. The zero-order chi connectivity index (χ0) is 36.9. The van der Waals surface area contributed by atoms with Gasteiger partial charge in [-0.25, -0.2) is 17.8 Å². The first-order chi connectivity index (χ1) is 25.1. The number of rotatable bonds is 19. The van der Waals surface area contributed by atoms with Crippen LogP contribution in [0.2, 0.25) is 0 Å². The lowest BCUT2D eigenvalue weighted by atomic mass is 9.94. The number of benzene rings is 3. The molecule has 1 aromatic heterocycles. The van der Waals surface area contributed by atoms with Crippen molar-refractivity contribution in [3.63, 3.8) is 0 Å². The fraction of sp³-hybridized carbons (Fsp3) is 0.324. The maximum absolute atomic E-state index is 15.5. The molecule has 0 atom stereocenters. The normalized spacial score (nSPS) is 12.6. The maximum atomic E-state index is 15.5. The summed E-state index contributed by atoms with van der Waals surface area (Å²) in [4.78, 5) is 28.6. The van der Waals surface area contributed by atoms with Gasteiger partial charge in [-0.1, -0.05) is 24.3 Å². The second kappa shape index (κ2) is 18.5. The fourth-order valence-corrected chi connectivity index (χ4v) is 6.47. The van der Waals surface area contributed by atoms with Crippen LogP contribution in [0.5, 0.6) is 0 Å². The van der Waals surface area contributed by atoms with Gasteiger partial charge in [-0.15, -0.1) is 0 Å². The number of hydrogen-bond acceptors (Lipinski definition) is 10. The highest BCUT2D eigenvalue weighted by Crippen LogP contribution is 2.33. The molecule has 3 aromatic carbocycles. The van der Waals surface area contributed by atoms with Crippen molar-refractivity contribution >= 4 is 39.0 Å². The van der Waals surface area contributed by atoms with Crippen molar-refractivity contribution < 1.29 is 41.3 Å². The van der Waals surface area contributed by atoms with Crippen molar-refractivity contribution in [2.24, 2.45) is 0 Å². The third-order valence-electron chi connectivity index (χ3n) is 8.01. The monoisotopic (exact) mass is 735 g/mol. The number of ether oxygens (including phenoxy) is 4. The van der Waals surface area contributed by atoms with E-state index in [1.165, 1.54) is 30.5 Å². The Kier molecular flexibility index (Phi) is 13.6. The zero-order valence-corrected chi connectivity index (χ0v) is 29.6. The van der Waals surface area contributed by atoms with Gasteiger partial charge in [0.1, 0.15) is 11.6 Å². The van der Waals surface area contributed by atoms with Crippen molar-refractivity contribution in [2.45, 2.75) is 24.7 Å². The van der Waals surface area contributed by atoms with Crippen LogP contribution in [0.3, 0.4) is 0 Å². The highest BCUT2D eigenvalue weighted by atomic mass is 32.2. The first-order valence-electron chi connectivity index (χ1n) is 16.8. The molecule has 2 amide bonds. The molecule has 13 nitrogen and oxygen atoms in total. The molecule has 1 aliphatic rings. The zero-order valence-electron chi connectivity index (χ0n) is 28.8. The highest BCUT2D eigenvalue weighted by Gasteiger charge is 2.20. The minimum atomic E-state index is -4.20. The van der Waals surface area contributed by atoms with Gasteiger partial charge in [0.25, 0.3) is 15.9 Å². The minimum Gasteiger partial charge on any atom is -0.383 e. The predicted molar refractivity (Wildman–Crippen MR) is 195 cm³/mol. The van der Waals surface area contributed by atoms with Gasteiger partial charge in [-0.05, 0) is 66.9 Å². The molecule has 0 bridgehead atoms. The number of aromatic nitrogens is 1. The smallest absolute Gasteiger partial charge is 0.261 e. The van der Waals surface area contributed by atoms with Crippen molar-refractivity contribution in [3.8, 4) is 22.3 Å². The van der Waals surface area contributed by atoms with E-state index in [0.29, 0.717) is 81.6 Å². The van der Waals surface area contributed by atoms with Gasteiger partial charge >= 0.3 is 0 Å². The lowest BCUT2D eigenvalue weighted by Crippen LogP contribution is -2.31. The van der Waals surface area contributed by atoms with Crippen molar-refractivity contribution in [3.05, 3.63) is 89.9 Å². The number of nitrogens with zero attached hydrogens (tertiary/aromatic N) is 1. The van der Waals surface area contributed by atoms with Crippen LogP contribution in [0.1, 0.15) is 29.3 Å². The van der Waals surface area contributed by atoms with Crippen LogP contribution in [-0.2, 0) is 40.2 Å². The van der Waals surface area contributed by atoms with Gasteiger partial charge in [0.2, 0.25) is 5.91 Å². The number of halogens is 1. The van der Waals surface area contributed by atoms with Crippen LogP contribution in [0.15, 0.2) is 77.8 Å². The van der Waals surface area contributed by atoms with Crippen LogP contribution >= 0.6 is 0 Å². The first kappa shape index (κ1) is 38.3. The van der Waals surface area contributed by atoms with E-state index in [0.717, 1.165) is 17.2 Å². The standard InChI is InChI=1S/C37H42FN5O8S/c1-2-48-14-15-50-18-19-51-17-16-49-13-11-35(44)42-28-4-3-5-29(22-28)43-52(46,47)30-7-9-31(34(38)23-30)27-21-33(36(39)41-24-27)25-6-8-32-26(20-25)10-12-40-37(32)45/h3-9,20-24,43H,2,10-19H2,1H3,(H2,39,41)(H,40,45)(H,42,44). The summed E-state index contributed by atoms with van der Waals surface area (Å²) >= 11 is 0. The van der Waals surface area contributed by atoms with E-state index in [1.54, 1.807) is 30.3 Å². The summed E-state index contributed by atoms with van der Waals surface area (Å²) in [6.45, 7) is 5.91. The number of nitrogen functional groups attached to an aromatic ring is 1. The molecule has 15 heteroatoms. The van der Waals surface area contributed by atoms with E-state index in [4.69, 9.17) is 24.7 Å². The average molecular weight is 736 g/mol. The summed E-state index contributed by atoms with van der Waals surface area (Å²) in [7, 11) is -4.20. The van der Waals surface area contributed by atoms with E-state index in [2.05, 4.69) is 20.3 Å². The quantitative estimate of drug-likeness (QED) is 0.0992. The van der Waals surface area contributed by atoms with E-state index < -0.39 is 15.8 Å². The molecule has 52 heavy (non-hydrogen) atoms. The summed E-state index contributed by atoms with van der Waals surface area (Å²) in [6.07, 6.45) is 2.17. The number of amides is 2. The van der Waals surface area contributed by atoms with Crippen LogP contribution in [0.4, 0.5) is 21.6 Å². The molecule has 0 radical (unpaired) electrons. The Morgan fingerprint density at radius 1 is 0.846 bits per heavy atom. The SMILES string of the molecule is CCOCCOCCOCCOCCC(=O)Nc1cccc(NS(=O)(=O)c2ccc(-c3cnc(N)c(-c4ccc5c(c4)CCNC5=O)c3)c(F)c2)c1. The fourth-order valence-electron chi connectivity index (χ4n) is 5.41. The molecule has 4 aromatic rings. The minimum absolute atomic E-state index is 0.0825. The first-order valence-corrected chi connectivity index (χ1v) is 18.3. The summed E-state index contributed by atoms with van der Waals surface area (Å²) in [5, 5.41) is 5.53. The molecule has 276 valence electrons. The molecule has 0 saturated carbocycles. The van der Waals surface area contributed by atoms with Crippen LogP contribution in [-0.4, -0.2) is 84.6 Å². The molecule has 5 N–H and O–H groups in total. The number of carbonyl (C=O) groups excluding carboxylic acids is 2. The van der Waals surface area contributed by atoms with E-state index >= 15 is 4.39 Å². The molecule has 0 unspecified atom stereocenters. The third-order valence-corrected chi connectivity index (χ3v) is 9.39. The molecule has 0 fully saturated rings. The summed E-state index contributed by atoms with van der Waals surface area (Å²) in [5.41, 5.74) is 10.0. The van der Waals surface area contributed by atoms with Gasteiger partial charge in [-0.2, -0.15) is 0 Å². The molecular weight excluding hydrogens is 693 g/mol. The summed E-state index contributed by atoms with van der Waals surface area (Å²) < 4.78 is 65.8. The lowest BCUT2D eigenvalue weighted by Gasteiger charge is -2.18. The van der Waals surface area contributed by atoms with Crippen LogP contribution in [0.25, 0.3) is 22.3 Å². The lowest BCUT2D eigenvalue weighted by molar-refractivity contribution is -0.117. The highest BCUT2D eigenvalue weighted by molar-refractivity contribution is 7.92. The number of sulfonamides is 1. The van der Waals surface area contributed by atoms with E-state index in [1.807, 2.05) is 13.0 Å². The van der Waals surface area contributed by atoms with Crippen LogP contribution < -0.4 is 21.1 Å². The number of hydrogen-bond donors (Lipinski definition) is 4. The Hall–Kier alpha value is -4.93. The largest absolute Gasteiger partial charge is 0.383 e. The van der Waals surface area contributed by atoms with Gasteiger partial charge in [0.05, 0.1) is 63.3 Å². The molecule has 0 saturated heterocycles. The van der Waals surface area contributed by atoms with Gasteiger partial charge in [0.15, 0.2) is 0 Å². The van der Waals surface area contributed by atoms with Gasteiger partial charge in [0, 0.05) is 47.3 Å². The van der Waals surface area contributed by atoms with Crippen molar-refractivity contribution in [1.29, 1.82) is 0 Å². The Morgan fingerprint density at radius 3 is 2.27 bits per heavy atom. The Morgan fingerprint density at radius 2 is 1.54 bits per heavy atom. The molecule has 0 spiro atoms. The number of carbonyl (C=O) groups is 2. The van der Waals surface area contributed by atoms with E-state index in [-0.39, 0.29) is 46.8 Å². The second-order valence-corrected chi connectivity index (χ2v) is 13.4. The number of nitrogens with two attached hydrogens (primary N) is 1. The molecule has 1 aliphatic heterocycles. The van der Waals surface area contributed by atoms with Crippen molar-refractivity contribution in [1.82, 2.24) is 10.3 Å².